The van der Waals surface area contributed by atoms with Crippen molar-refractivity contribution in [3.05, 3.63) is 0 Å². The van der Waals surface area contributed by atoms with Crippen LogP contribution in [0.5, 0.6) is 0 Å². The van der Waals surface area contributed by atoms with E-state index in [9.17, 15) is 0 Å². The van der Waals surface area contributed by atoms with Crippen molar-refractivity contribution in [2.45, 2.75) is 59.5 Å². The first-order valence-corrected chi connectivity index (χ1v) is 8.21. The molecule has 0 N–H and O–H groups in total. The summed E-state index contributed by atoms with van der Waals surface area (Å²) in [6.45, 7) is 12.3. The van der Waals surface area contributed by atoms with Crippen molar-refractivity contribution < 1.29 is 9.05 Å². The van der Waals surface area contributed by atoms with Crippen LogP contribution in [-0.4, -0.2) is 18.9 Å². The Kier molecular flexibility index (Phi) is 10.6. The summed E-state index contributed by atoms with van der Waals surface area (Å²) >= 11 is 0. The van der Waals surface area contributed by atoms with Gasteiger partial charge < -0.3 is 9.05 Å². The molecule has 0 saturated carbocycles. The number of rotatable bonds is 10. The van der Waals surface area contributed by atoms with Crippen molar-refractivity contribution in [3.8, 4) is 6.07 Å². The van der Waals surface area contributed by atoms with Crippen molar-refractivity contribution in [1.29, 1.82) is 5.26 Å². The molecule has 4 heteroatoms. The van der Waals surface area contributed by atoms with Crippen LogP contribution in [0.4, 0.5) is 0 Å². The van der Waals surface area contributed by atoms with Gasteiger partial charge in [-0.3, -0.25) is 0 Å². The van der Waals surface area contributed by atoms with Crippen molar-refractivity contribution in [3.63, 3.8) is 0 Å². The van der Waals surface area contributed by atoms with Gasteiger partial charge in [0.15, 0.2) is 8.38 Å². The van der Waals surface area contributed by atoms with Gasteiger partial charge in [-0.2, -0.15) is 5.26 Å². The van der Waals surface area contributed by atoms with Gasteiger partial charge >= 0.3 is 0 Å². The van der Waals surface area contributed by atoms with Gasteiger partial charge in [-0.1, -0.05) is 41.0 Å². The molecule has 1 atom stereocenters. The van der Waals surface area contributed by atoms with E-state index in [1.165, 1.54) is 0 Å². The highest BCUT2D eigenvalue weighted by Gasteiger charge is 2.29. The molecule has 0 aromatic rings. The number of nitriles is 1. The van der Waals surface area contributed by atoms with E-state index < -0.39 is 8.38 Å². The minimum Gasteiger partial charge on any atom is -0.334 e. The van der Waals surface area contributed by atoms with Gasteiger partial charge in [0.05, 0.1) is 25.7 Å². The maximum atomic E-state index is 8.59. The topological polar surface area (TPSA) is 42.2 Å². The van der Waals surface area contributed by atoms with Crippen molar-refractivity contribution >= 4 is 8.38 Å². The lowest BCUT2D eigenvalue weighted by Gasteiger charge is -2.31. The average molecular weight is 273 g/mol. The highest BCUT2D eigenvalue weighted by Crippen LogP contribution is 2.50. The number of nitrogens with zero attached hydrogens (tertiary/aromatic N) is 1. The summed E-state index contributed by atoms with van der Waals surface area (Å²) in [5.41, 5.74) is 0.440. The third-order valence-electron chi connectivity index (χ3n) is 2.76. The second-order valence-electron chi connectivity index (χ2n) is 5.19. The monoisotopic (exact) mass is 273 g/mol. The first kappa shape index (κ1) is 17.8. The molecule has 106 valence electrons. The SMILES string of the molecule is CCCCOP(OCCC#N)C(C(C)C)C(C)C. The zero-order valence-electron chi connectivity index (χ0n) is 12.5. The molecule has 0 aromatic carbocycles. The van der Waals surface area contributed by atoms with Gasteiger partial charge in [0, 0.05) is 5.66 Å². The summed E-state index contributed by atoms with van der Waals surface area (Å²) in [6, 6.07) is 2.12. The van der Waals surface area contributed by atoms with Gasteiger partial charge in [0.1, 0.15) is 0 Å². The van der Waals surface area contributed by atoms with E-state index in [4.69, 9.17) is 14.3 Å². The maximum Gasteiger partial charge on any atom is 0.174 e. The Bertz CT molecular complexity index is 230. The summed E-state index contributed by atoms with van der Waals surface area (Å²) in [4.78, 5) is 0. The second-order valence-corrected chi connectivity index (χ2v) is 6.88. The van der Waals surface area contributed by atoms with Gasteiger partial charge in [0.25, 0.3) is 0 Å². The molecule has 0 spiro atoms. The standard InChI is InChI=1S/C14H28NO2P/c1-6-7-10-16-18(17-11-8-9-15)14(12(2)3)13(4)5/h12-14H,6-8,10-11H2,1-5H3. The molecule has 0 aliphatic carbocycles. The van der Waals surface area contributed by atoms with Gasteiger partial charge in [-0.15, -0.1) is 0 Å². The fourth-order valence-corrected chi connectivity index (χ4v) is 3.92. The zero-order valence-corrected chi connectivity index (χ0v) is 13.4. The third-order valence-corrected chi connectivity index (χ3v) is 5.31. The molecular weight excluding hydrogens is 245 g/mol. The molecule has 0 aliphatic heterocycles. The molecule has 1 unspecified atom stereocenters. The Labute approximate surface area is 114 Å². The molecule has 18 heavy (non-hydrogen) atoms. The van der Waals surface area contributed by atoms with Crippen LogP contribution in [-0.2, 0) is 9.05 Å². The van der Waals surface area contributed by atoms with Crippen LogP contribution >= 0.6 is 8.38 Å². The van der Waals surface area contributed by atoms with E-state index in [-0.39, 0.29) is 0 Å². The fourth-order valence-electron chi connectivity index (χ4n) is 1.95. The van der Waals surface area contributed by atoms with Gasteiger partial charge in [0.2, 0.25) is 0 Å². The van der Waals surface area contributed by atoms with Gasteiger partial charge in [-0.25, -0.2) is 0 Å². The molecule has 0 amide bonds. The number of hydrogen-bond donors (Lipinski definition) is 0. The molecule has 0 aliphatic rings. The van der Waals surface area contributed by atoms with E-state index in [1.54, 1.807) is 0 Å². The van der Waals surface area contributed by atoms with Crippen molar-refractivity contribution in [2.75, 3.05) is 13.2 Å². The Hall–Kier alpha value is -0.160. The van der Waals surface area contributed by atoms with Crippen LogP contribution in [0.1, 0.15) is 53.9 Å². The van der Waals surface area contributed by atoms with Gasteiger partial charge in [-0.05, 0) is 18.3 Å². The predicted molar refractivity (Wildman–Crippen MR) is 77.4 cm³/mol. The first-order valence-electron chi connectivity index (χ1n) is 6.96. The third kappa shape index (κ3) is 7.31. The average Bonchev–Trinajstić information content (AvgIpc) is 2.28. The Morgan fingerprint density at radius 1 is 1.06 bits per heavy atom. The van der Waals surface area contributed by atoms with E-state index in [1.807, 2.05) is 0 Å². The fraction of sp³-hybridized carbons (Fsp3) is 0.929. The highest BCUT2D eigenvalue weighted by molar-refractivity contribution is 7.48. The zero-order chi connectivity index (χ0) is 14.0. The number of unbranched alkanes of at least 4 members (excludes halogenated alkanes) is 1. The number of hydrogen-bond acceptors (Lipinski definition) is 3. The summed E-state index contributed by atoms with van der Waals surface area (Å²) in [6.07, 6.45) is 2.65. The smallest absolute Gasteiger partial charge is 0.174 e. The van der Waals surface area contributed by atoms with Crippen LogP contribution in [0.15, 0.2) is 0 Å². The second kappa shape index (κ2) is 10.7. The normalized spacial score (nSPS) is 13.3. The molecular formula is C14H28NO2P. The van der Waals surface area contributed by atoms with Crippen molar-refractivity contribution in [1.82, 2.24) is 0 Å². The van der Waals surface area contributed by atoms with Crippen molar-refractivity contribution in [2.24, 2.45) is 11.8 Å². The Morgan fingerprint density at radius 2 is 1.61 bits per heavy atom. The van der Waals surface area contributed by atoms with E-state index in [0.717, 1.165) is 19.4 Å². The quantitative estimate of drug-likeness (QED) is 0.427. The molecule has 0 saturated heterocycles. The predicted octanol–water partition coefficient (Wildman–Crippen LogP) is 4.73. The minimum atomic E-state index is -0.877. The summed E-state index contributed by atoms with van der Waals surface area (Å²) in [7, 11) is -0.877. The lowest BCUT2D eigenvalue weighted by atomic mass is 10.00. The van der Waals surface area contributed by atoms with E-state index in [2.05, 4.69) is 40.7 Å². The minimum absolute atomic E-state index is 0.440. The largest absolute Gasteiger partial charge is 0.334 e. The molecule has 0 heterocycles. The molecule has 0 fully saturated rings. The maximum absolute atomic E-state index is 8.59. The van der Waals surface area contributed by atoms with E-state index >= 15 is 0 Å². The first-order chi connectivity index (χ1) is 8.54. The molecule has 3 nitrogen and oxygen atoms in total. The Balaban J connectivity index is 4.44. The van der Waals surface area contributed by atoms with Crippen LogP contribution in [0.2, 0.25) is 0 Å². The molecule has 0 bridgehead atoms. The highest BCUT2D eigenvalue weighted by atomic mass is 31.2. The summed E-state index contributed by atoms with van der Waals surface area (Å²) < 4.78 is 11.8. The molecule has 0 rings (SSSR count). The van der Waals surface area contributed by atoms with Crippen LogP contribution in [0.25, 0.3) is 0 Å². The lowest BCUT2D eigenvalue weighted by Crippen LogP contribution is -2.22. The Morgan fingerprint density at radius 3 is 2.06 bits per heavy atom. The van der Waals surface area contributed by atoms with E-state index in [0.29, 0.717) is 30.5 Å². The van der Waals surface area contributed by atoms with Crippen LogP contribution in [0.3, 0.4) is 0 Å². The molecule has 0 aromatic heterocycles. The van der Waals surface area contributed by atoms with Crippen LogP contribution in [0, 0.1) is 23.2 Å². The summed E-state index contributed by atoms with van der Waals surface area (Å²) in [5.74, 6) is 1.08. The molecule has 0 radical (unpaired) electrons. The van der Waals surface area contributed by atoms with Crippen LogP contribution < -0.4 is 0 Å². The lowest BCUT2D eigenvalue weighted by molar-refractivity contribution is 0.230. The summed E-state index contributed by atoms with van der Waals surface area (Å²) in [5, 5.41) is 8.59.